The summed E-state index contributed by atoms with van der Waals surface area (Å²) in [5.74, 6) is -0.0597. The average Bonchev–Trinajstić information content (AvgIpc) is 3.43. The lowest BCUT2D eigenvalue weighted by Gasteiger charge is -2.39. The summed E-state index contributed by atoms with van der Waals surface area (Å²) in [5.41, 5.74) is 0. The van der Waals surface area contributed by atoms with E-state index >= 15 is 0 Å². The first-order valence-electron chi connectivity index (χ1n) is 10.7. The van der Waals surface area contributed by atoms with Gasteiger partial charge < -0.3 is 18.9 Å². The molecule has 0 N–H and O–H groups in total. The van der Waals surface area contributed by atoms with Crippen molar-refractivity contribution in [1.29, 1.82) is 0 Å². The third-order valence-corrected chi connectivity index (χ3v) is 5.12. The van der Waals surface area contributed by atoms with Gasteiger partial charge in [-0.25, -0.2) is 0 Å². The van der Waals surface area contributed by atoms with E-state index in [2.05, 4.69) is 27.7 Å². The highest BCUT2D eigenvalue weighted by Gasteiger charge is 2.38. The second-order valence-electron chi connectivity index (χ2n) is 7.10. The quantitative estimate of drug-likeness (QED) is 0.188. The minimum atomic E-state index is -0.452. The maximum absolute atomic E-state index is 6.16. The van der Waals surface area contributed by atoms with Gasteiger partial charge in [-0.15, -0.1) is 0 Å². The van der Waals surface area contributed by atoms with E-state index in [4.69, 9.17) is 18.9 Å². The number of hydrogen-bond donors (Lipinski definition) is 0. The van der Waals surface area contributed by atoms with Crippen molar-refractivity contribution in [2.75, 3.05) is 33.0 Å². The van der Waals surface area contributed by atoms with E-state index in [0.717, 1.165) is 39.1 Å². The molecule has 1 aliphatic heterocycles. The van der Waals surface area contributed by atoms with Crippen LogP contribution in [-0.2, 0) is 18.9 Å². The predicted molar refractivity (Wildman–Crippen MR) is 103 cm³/mol. The molecular weight excluding hydrogens is 316 g/mol. The monoisotopic (exact) mass is 358 g/mol. The molecule has 0 aromatic carbocycles. The Hall–Kier alpha value is -0.160. The summed E-state index contributed by atoms with van der Waals surface area (Å²) in [6.45, 7) is 12.3. The van der Waals surface area contributed by atoms with Gasteiger partial charge in [0, 0.05) is 25.7 Å². The minimum absolute atomic E-state index is 0.340. The van der Waals surface area contributed by atoms with Gasteiger partial charge in [0.05, 0.1) is 13.2 Å². The number of epoxide rings is 1. The SMILES string of the molecule is CCCCCCCCC(CCOCC1CO1)C(CC)(OCC)OCC. The molecular formula is C21H42O4. The third-order valence-electron chi connectivity index (χ3n) is 5.12. The second kappa shape index (κ2) is 14.0. The van der Waals surface area contributed by atoms with E-state index < -0.39 is 5.79 Å². The molecule has 1 fully saturated rings. The van der Waals surface area contributed by atoms with Crippen molar-refractivity contribution in [1.82, 2.24) is 0 Å². The van der Waals surface area contributed by atoms with Crippen LogP contribution in [0.4, 0.5) is 0 Å². The lowest BCUT2D eigenvalue weighted by molar-refractivity contribution is -0.269. The van der Waals surface area contributed by atoms with Crippen LogP contribution in [0.3, 0.4) is 0 Å². The van der Waals surface area contributed by atoms with Crippen molar-refractivity contribution in [2.24, 2.45) is 5.92 Å². The number of unbranched alkanes of at least 4 members (excludes halogenated alkanes) is 5. The van der Waals surface area contributed by atoms with Crippen molar-refractivity contribution in [3.8, 4) is 0 Å². The molecule has 0 aliphatic carbocycles. The molecule has 4 heteroatoms. The third kappa shape index (κ3) is 9.37. The molecule has 2 unspecified atom stereocenters. The number of ether oxygens (including phenoxy) is 4. The Bertz CT molecular complexity index is 298. The number of rotatable bonds is 18. The molecule has 1 saturated heterocycles. The zero-order valence-electron chi connectivity index (χ0n) is 17.2. The van der Waals surface area contributed by atoms with Crippen molar-refractivity contribution in [3.63, 3.8) is 0 Å². The number of hydrogen-bond acceptors (Lipinski definition) is 4. The molecule has 2 atom stereocenters. The van der Waals surface area contributed by atoms with Crippen LogP contribution in [0.2, 0.25) is 0 Å². The first-order valence-corrected chi connectivity index (χ1v) is 10.7. The maximum Gasteiger partial charge on any atom is 0.170 e. The summed E-state index contributed by atoms with van der Waals surface area (Å²) in [6.07, 6.45) is 11.3. The van der Waals surface area contributed by atoms with Crippen LogP contribution in [0.1, 0.15) is 85.5 Å². The predicted octanol–water partition coefficient (Wildman–Crippen LogP) is 5.34. The molecule has 0 radical (unpaired) electrons. The summed E-state index contributed by atoms with van der Waals surface area (Å²) in [6, 6.07) is 0. The Labute approximate surface area is 155 Å². The fourth-order valence-corrected chi connectivity index (χ4v) is 3.62. The van der Waals surface area contributed by atoms with E-state index in [1.165, 1.54) is 38.5 Å². The highest BCUT2D eigenvalue weighted by Crippen LogP contribution is 2.34. The lowest BCUT2D eigenvalue weighted by Crippen LogP contribution is -2.44. The molecule has 150 valence electrons. The van der Waals surface area contributed by atoms with Crippen molar-refractivity contribution in [3.05, 3.63) is 0 Å². The molecule has 25 heavy (non-hydrogen) atoms. The summed E-state index contributed by atoms with van der Waals surface area (Å²) in [4.78, 5) is 0. The zero-order valence-corrected chi connectivity index (χ0v) is 17.2. The van der Waals surface area contributed by atoms with Gasteiger partial charge in [-0.1, -0.05) is 52.4 Å². The van der Waals surface area contributed by atoms with Gasteiger partial charge in [0.25, 0.3) is 0 Å². The molecule has 0 saturated carbocycles. The Morgan fingerprint density at radius 3 is 2.12 bits per heavy atom. The van der Waals surface area contributed by atoms with Crippen LogP contribution in [0.15, 0.2) is 0 Å². The van der Waals surface area contributed by atoms with Crippen LogP contribution >= 0.6 is 0 Å². The minimum Gasteiger partial charge on any atom is -0.379 e. The lowest BCUT2D eigenvalue weighted by atomic mass is 9.87. The Balaban J connectivity index is 2.49. The Morgan fingerprint density at radius 1 is 0.920 bits per heavy atom. The van der Waals surface area contributed by atoms with Crippen LogP contribution in [-0.4, -0.2) is 44.9 Å². The summed E-state index contributed by atoms with van der Waals surface area (Å²) in [7, 11) is 0. The average molecular weight is 359 g/mol. The molecule has 4 nitrogen and oxygen atoms in total. The molecule has 0 bridgehead atoms. The summed E-state index contributed by atoms with van der Waals surface area (Å²) >= 11 is 0. The molecule has 1 rings (SSSR count). The van der Waals surface area contributed by atoms with Gasteiger partial charge in [-0.3, -0.25) is 0 Å². The zero-order chi connectivity index (χ0) is 18.4. The van der Waals surface area contributed by atoms with Gasteiger partial charge in [-0.2, -0.15) is 0 Å². The Kier molecular flexibility index (Phi) is 12.8. The first kappa shape index (κ1) is 22.9. The van der Waals surface area contributed by atoms with Gasteiger partial charge in [-0.05, 0) is 33.1 Å². The van der Waals surface area contributed by atoms with E-state index in [-0.39, 0.29) is 0 Å². The second-order valence-corrected chi connectivity index (χ2v) is 7.10. The van der Waals surface area contributed by atoms with Gasteiger partial charge >= 0.3 is 0 Å². The largest absolute Gasteiger partial charge is 0.379 e. The Morgan fingerprint density at radius 2 is 1.56 bits per heavy atom. The topological polar surface area (TPSA) is 40.2 Å². The fourth-order valence-electron chi connectivity index (χ4n) is 3.62. The highest BCUT2D eigenvalue weighted by molar-refractivity contribution is 4.80. The van der Waals surface area contributed by atoms with Crippen molar-refractivity contribution < 1.29 is 18.9 Å². The standard InChI is InChI=1S/C21H42O4/c1-5-9-10-11-12-13-14-19(15-16-22-17-20-18-23-20)21(6-2,24-7-3)25-8-4/h19-20H,5-18H2,1-4H3. The maximum atomic E-state index is 6.16. The van der Waals surface area contributed by atoms with Crippen LogP contribution < -0.4 is 0 Å². The van der Waals surface area contributed by atoms with Crippen LogP contribution in [0.25, 0.3) is 0 Å². The normalized spacial score (nSPS) is 18.5. The fraction of sp³-hybridized carbons (Fsp3) is 1.00. The molecule has 0 aromatic heterocycles. The van der Waals surface area contributed by atoms with E-state index in [0.29, 0.717) is 25.2 Å². The van der Waals surface area contributed by atoms with Gasteiger partial charge in [0.15, 0.2) is 5.79 Å². The van der Waals surface area contributed by atoms with E-state index in [1.807, 2.05) is 0 Å². The molecule has 0 aromatic rings. The molecule has 1 heterocycles. The summed E-state index contributed by atoms with van der Waals surface area (Å²) < 4.78 is 23.4. The smallest absolute Gasteiger partial charge is 0.170 e. The van der Waals surface area contributed by atoms with E-state index in [1.54, 1.807) is 0 Å². The molecule has 0 spiro atoms. The van der Waals surface area contributed by atoms with Crippen molar-refractivity contribution in [2.45, 2.75) is 97.4 Å². The van der Waals surface area contributed by atoms with Crippen LogP contribution in [0.5, 0.6) is 0 Å². The van der Waals surface area contributed by atoms with Gasteiger partial charge in [0.2, 0.25) is 0 Å². The van der Waals surface area contributed by atoms with Gasteiger partial charge in [0.1, 0.15) is 6.10 Å². The molecule has 1 aliphatic rings. The first-order chi connectivity index (χ1) is 12.2. The summed E-state index contributed by atoms with van der Waals surface area (Å²) in [5, 5.41) is 0. The van der Waals surface area contributed by atoms with E-state index in [9.17, 15) is 0 Å². The van der Waals surface area contributed by atoms with Crippen molar-refractivity contribution >= 4 is 0 Å². The van der Waals surface area contributed by atoms with Crippen LogP contribution in [0, 0.1) is 5.92 Å². The molecule has 0 amide bonds. The highest BCUT2D eigenvalue weighted by atomic mass is 16.7.